The standard InChI is InChI=1S/C56H80N2O7/c1-7-10-11-12-13-14-15-16-17-28-52(61)58(33-8-2)51-40-49(57-65-55(4,5)6)47-38-43(26-20-22-34-59)46(27-21-23-35-60)53-48-39-45(63-44-30-29-41-24-18-19-25-42(41)37-44)31-32-50(48)64-56(51,54(47)53)62-36-9-3/h9,18-19,24-25,29-32,37-39,43,46,51,53-54,59-60H,3,7-8,10-17,20-23,26-28,33-36,40H2,1-2,4-6H3/t43-,46+,51-,53+,54+,56+/m0/s1. The summed E-state index contributed by atoms with van der Waals surface area (Å²) in [5, 5.41) is 27.3. The van der Waals surface area contributed by atoms with E-state index in [1.807, 2.05) is 51.1 Å². The Bertz CT molecular complexity index is 2040. The third-order valence-electron chi connectivity index (χ3n) is 13.7. The summed E-state index contributed by atoms with van der Waals surface area (Å²) >= 11 is 0. The van der Waals surface area contributed by atoms with Crippen molar-refractivity contribution < 1.29 is 34.1 Å². The van der Waals surface area contributed by atoms with Gasteiger partial charge in [0.05, 0.1) is 18.2 Å². The minimum Gasteiger partial charge on any atom is -0.459 e. The first-order valence-electron chi connectivity index (χ1n) is 25.3. The Kier molecular flexibility index (Phi) is 19.0. The molecule has 9 nitrogen and oxygen atoms in total. The van der Waals surface area contributed by atoms with Gasteiger partial charge in [0.15, 0.2) is 0 Å². The molecule has 65 heavy (non-hydrogen) atoms. The van der Waals surface area contributed by atoms with Crippen molar-refractivity contribution in [3.63, 3.8) is 0 Å². The van der Waals surface area contributed by atoms with Crippen LogP contribution in [0.2, 0.25) is 0 Å². The number of aliphatic hydroxyl groups excluding tert-OH is 2. The van der Waals surface area contributed by atoms with E-state index in [2.05, 4.69) is 61.7 Å². The van der Waals surface area contributed by atoms with Gasteiger partial charge in [0.25, 0.3) is 0 Å². The third-order valence-corrected chi connectivity index (χ3v) is 13.7. The van der Waals surface area contributed by atoms with Gasteiger partial charge in [-0.1, -0.05) is 126 Å². The molecule has 6 rings (SSSR count). The number of hydrogen-bond acceptors (Lipinski definition) is 8. The Balaban J connectivity index is 1.47. The summed E-state index contributed by atoms with van der Waals surface area (Å²) in [6, 6.07) is 20.1. The lowest BCUT2D eigenvalue weighted by molar-refractivity contribution is -0.257. The maximum atomic E-state index is 14.8. The highest BCUT2D eigenvalue weighted by Gasteiger charge is 2.65. The number of fused-ring (bicyclic) bond motifs is 3. The summed E-state index contributed by atoms with van der Waals surface area (Å²) in [7, 11) is 0. The average molecular weight is 893 g/mol. The molecule has 1 aliphatic heterocycles. The molecular weight excluding hydrogens is 813 g/mol. The molecule has 6 atom stereocenters. The fraction of sp³-hybridized carbons (Fsp3) is 0.607. The lowest BCUT2D eigenvalue weighted by Crippen LogP contribution is -2.70. The van der Waals surface area contributed by atoms with Crippen molar-refractivity contribution in [1.29, 1.82) is 0 Å². The van der Waals surface area contributed by atoms with Crippen molar-refractivity contribution in [3.05, 3.63) is 90.5 Å². The predicted octanol–water partition coefficient (Wildman–Crippen LogP) is 13.2. The van der Waals surface area contributed by atoms with E-state index < -0.39 is 17.4 Å². The molecule has 2 aliphatic carbocycles. The highest BCUT2D eigenvalue weighted by atomic mass is 16.7. The van der Waals surface area contributed by atoms with Gasteiger partial charge < -0.3 is 34.2 Å². The molecular formula is C56H80N2O7. The molecule has 0 aromatic heterocycles. The minimum absolute atomic E-state index is 0.118. The molecule has 1 amide bonds. The second kappa shape index (κ2) is 24.5. The number of benzene rings is 3. The summed E-state index contributed by atoms with van der Waals surface area (Å²) < 4.78 is 21.4. The fourth-order valence-corrected chi connectivity index (χ4v) is 10.7. The SMILES string of the molecule is C=CCO[C@@]12Oc3ccc(Oc4ccc5ccccc5c4)cc3[C@H]3[C@H](CCCCO)[C@@H](CCCCO)C=C(C(=NOC(C)(C)C)C[C@@H]1N(CCC)C(=O)CCCCCCCCCCC)[C@H]32. The van der Waals surface area contributed by atoms with Gasteiger partial charge >= 0.3 is 0 Å². The van der Waals surface area contributed by atoms with E-state index >= 15 is 0 Å². The zero-order valence-corrected chi connectivity index (χ0v) is 40.4. The molecule has 0 saturated heterocycles. The van der Waals surface area contributed by atoms with Crippen LogP contribution in [0.4, 0.5) is 0 Å². The van der Waals surface area contributed by atoms with Crippen molar-refractivity contribution in [2.45, 2.75) is 174 Å². The van der Waals surface area contributed by atoms with Crippen LogP contribution in [0, 0.1) is 17.8 Å². The summed E-state index contributed by atoms with van der Waals surface area (Å²) in [4.78, 5) is 23.2. The molecule has 3 aromatic carbocycles. The Morgan fingerprint density at radius 3 is 2.22 bits per heavy atom. The van der Waals surface area contributed by atoms with E-state index in [1.54, 1.807) is 6.08 Å². The second-order valence-corrected chi connectivity index (χ2v) is 19.8. The number of aliphatic hydroxyl groups is 2. The number of oxime groups is 1. The largest absolute Gasteiger partial charge is 0.459 e. The number of rotatable bonds is 27. The van der Waals surface area contributed by atoms with Crippen LogP contribution < -0.4 is 9.47 Å². The van der Waals surface area contributed by atoms with Crippen molar-refractivity contribution in [3.8, 4) is 17.2 Å². The van der Waals surface area contributed by atoms with E-state index in [4.69, 9.17) is 24.2 Å². The van der Waals surface area contributed by atoms with Gasteiger partial charge in [0.1, 0.15) is 28.9 Å². The van der Waals surface area contributed by atoms with E-state index in [9.17, 15) is 15.0 Å². The number of amides is 1. The molecule has 3 aliphatic rings. The second-order valence-electron chi connectivity index (χ2n) is 19.8. The number of hydrogen-bond donors (Lipinski definition) is 2. The normalized spacial score (nSPS) is 23.0. The lowest BCUT2D eigenvalue weighted by atomic mass is 9.55. The first-order valence-corrected chi connectivity index (χ1v) is 25.3. The lowest BCUT2D eigenvalue weighted by Gasteiger charge is -2.60. The summed E-state index contributed by atoms with van der Waals surface area (Å²) in [6.45, 7) is 15.6. The molecule has 0 spiro atoms. The third kappa shape index (κ3) is 12.8. The Morgan fingerprint density at radius 1 is 0.846 bits per heavy atom. The van der Waals surface area contributed by atoms with Crippen molar-refractivity contribution in [1.82, 2.24) is 4.90 Å². The summed E-state index contributed by atoms with van der Waals surface area (Å²) in [6.07, 6.45) is 21.4. The topological polar surface area (TPSA) is 110 Å². The van der Waals surface area contributed by atoms with Gasteiger partial charge in [-0.25, -0.2) is 0 Å². The van der Waals surface area contributed by atoms with Crippen LogP contribution in [-0.2, 0) is 14.4 Å². The number of ether oxygens (including phenoxy) is 3. The zero-order valence-electron chi connectivity index (χ0n) is 40.4. The van der Waals surface area contributed by atoms with Crippen molar-refractivity contribution in [2.24, 2.45) is 22.9 Å². The van der Waals surface area contributed by atoms with Crippen LogP contribution >= 0.6 is 0 Å². The van der Waals surface area contributed by atoms with Crippen LogP contribution in [0.5, 0.6) is 17.2 Å². The van der Waals surface area contributed by atoms with E-state index in [0.29, 0.717) is 31.6 Å². The van der Waals surface area contributed by atoms with Crippen LogP contribution in [0.1, 0.15) is 162 Å². The summed E-state index contributed by atoms with van der Waals surface area (Å²) in [5.41, 5.74) is 2.36. The van der Waals surface area contributed by atoms with Gasteiger partial charge in [-0.3, -0.25) is 4.79 Å². The monoisotopic (exact) mass is 893 g/mol. The summed E-state index contributed by atoms with van der Waals surface area (Å²) in [5.74, 6) is 0.816. The number of nitrogens with zero attached hydrogens (tertiary/aromatic N) is 2. The van der Waals surface area contributed by atoms with Crippen LogP contribution in [-0.4, -0.2) is 70.5 Å². The Morgan fingerprint density at radius 2 is 1.52 bits per heavy atom. The molecule has 1 fully saturated rings. The average Bonchev–Trinajstić information content (AvgIpc) is 3.29. The molecule has 0 radical (unpaired) electrons. The Hall–Kier alpha value is -4.18. The van der Waals surface area contributed by atoms with Crippen molar-refractivity contribution in [2.75, 3.05) is 26.4 Å². The van der Waals surface area contributed by atoms with E-state index in [1.165, 1.54) is 38.5 Å². The molecule has 1 saturated carbocycles. The predicted molar refractivity (Wildman–Crippen MR) is 264 cm³/mol. The van der Waals surface area contributed by atoms with Crippen LogP contribution in [0.25, 0.3) is 10.8 Å². The first-order chi connectivity index (χ1) is 31.6. The highest BCUT2D eigenvalue weighted by Crippen LogP contribution is 2.62. The number of allylic oxidation sites excluding steroid dienone is 1. The van der Waals surface area contributed by atoms with Gasteiger partial charge in [-0.15, -0.1) is 6.58 Å². The van der Waals surface area contributed by atoms with Gasteiger partial charge in [0, 0.05) is 44.1 Å². The first kappa shape index (κ1) is 50.2. The number of unbranched alkanes of at least 4 members (excludes halogenated alkanes) is 10. The molecule has 356 valence electrons. The van der Waals surface area contributed by atoms with E-state index in [0.717, 1.165) is 96.9 Å². The maximum Gasteiger partial charge on any atom is 0.239 e. The minimum atomic E-state index is -1.27. The molecule has 0 bridgehead atoms. The molecule has 9 heteroatoms. The Labute approximate surface area is 390 Å². The van der Waals surface area contributed by atoms with Gasteiger partial charge in [-0.2, -0.15) is 0 Å². The smallest absolute Gasteiger partial charge is 0.239 e. The number of carbonyl (C=O) groups is 1. The molecule has 1 heterocycles. The fourth-order valence-electron chi connectivity index (χ4n) is 10.7. The highest BCUT2D eigenvalue weighted by molar-refractivity contribution is 6.03. The molecule has 3 aromatic rings. The number of carbonyl (C=O) groups excluding carboxylic acids is 1. The zero-order chi connectivity index (χ0) is 46.2. The molecule has 2 N–H and O–H groups in total. The maximum absolute atomic E-state index is 14.8. The van der Waals surface area contributed by atoms with Gasteiger partial charge in [0.2, 0.25) is 11.7 Å². The van der Waals surface area contributed by atoms with Crippen LogP contribution in [0.15, 0.2) is 90.1 Å². The van der Waals surface area contributed by atoms with Gasteiger partial charge in [-0.05, 0) is 118 Å². The van der Waals surface area contributed by atoms with Crippen LogP contribution in [0.3, 0.4) is 0 Å². The van der Waals surface area contributed by atoms with E-state index in [-0.39, 0.29) is 49.4 Å². The quantitative estimate of drug-likeness (QED) is 0.0445. The molecule has 0 unspecified atom stereocenters. The van der Waals surface area contributed by atoms with Crippen molar-refractivity contribution >= 4 is 22.4 Å².